The Bertz CT molecular complexity index is 504. The monoisotopic (exact) mass is 227 g/mol. The number of nitrogens with two attached hydrogens (primary N) is 1. The van der Waals surface area contributed by atoms with Gasteiger partial charge in [0.25, 0.3) is 0 Å². The van der Waals surface area contributed by atoms with Crippen LogP contribution in [0.5, 0.6) is 0 Å². The normalized spacial score (nSPS) is 13.2. The summed E-state index contributed by atoms with van der Waals surface area (Å²) in [6.07, 6.45) is 0.211. The second-order valence-electron chi connectivity index (χ2n) is 3.09. The van der Waals surface area contributed by atoms with Gasteiger partial charge in [-0.05, 0) is 6.92 Å². The Morgan fingerprint density at radius 1 is 1.67 bits per heavy atom. The molecule has 0 aliphatic heterocycles. The zero-order chi connectivity index (χ0) is 11.0. The lowest BCUT2D eigenvalue weighted by Crippen LogP contribution is -2.32. The molecule has 0 spiro atoms. The van der Waals surface area contributed by atoms with E-state index in [9.17, 15) is 4.79 Å². The summed E-state index contributed by atoms with van der Waals surface area (Å²) in [7, 11) is 0. The third-order valence-corrected chi connectivity index (χ3v) is 2.82. The molecule has 2 aromatic heterocycles. The van der Waals surface area contributed by atoms with Crippen LogP contribution in [0.3, 0.4) is 0 Å². The number of rotatable bonds is 3. The van der Waals surface area contributed by atoms with E-state index in [-0.39, 0.29) is 6.42 Å². The number of fused-ring (bicyclic) bond motifs is 1. The average molecular weight is 227 g/mol. The van der Waals surface area contributed by atoms with Crippen molar-refractivity contribution in [3.8, 4) is 0 Å². The van der Waals surface area contributed by atoms with Gasteiger partial charge in [-0.2, -0.15) is 9.61 Å². The quantitative estimate of drug-likeness (QED) is 0.728. The number of carbonyl (C=O) groups is 1. The molecule has 15 heavy (non-hydrogen) atoms. The molecule has 0 saturated heterocycles. The molecule has 0 aliphatic rings. The minimum absolute atomic E-state index is 0.211. The SMILES string of the molecule is Cc1nnc2sc(CC(N)C(=O)O)nn12. The van der Waals surface area contributed by atoms with Gasteiger partial charge in [0.15, 0.2) is 5.82 Å². The van der Waals surface area contributed by atoms with Crippen molar-refractivity contribution in [2.45, 2.75) is 19.4 Å². The first-order valence-corrected chi connectivity index (χ1v) is 5.05. The molecule has 80 valence electrons. The summed E-state index contributed by atoms with van der Waals surface area (Å²) in [5.41, 5.74) is 5.40. The van der Waals surface area contributed by atoms with E-state index in [2.05, 4.69) is 15.3 Å². The van der Waals surface area contributed by atoms with Crippen molar-refractivity contribution in [1.29, 1.82) is 0 Å². The van der Waals surface area contributed by atoms with Crippen molar-refractivity contribution >= 4 is 22.3 Å². The first kappa shape index (κ1) is 9.99. The minimum Gasteiger partial charge on any atom is -0.480 e. The maximum atomic E-state index is 10.5. The van der Waals surface area contributed by atoms with Gasteiger partial charge in [0.1, 0.15) is 11.0 Å². The number of nitrogens with zero attached hydrogens (tertiary/aromatic N) is 4. The van der Waals surface area contributed by atoms with Gasteiger partial charge in [-0.25, -0.2) is 0 Å². The highest BCUT2D eigenvalue weighted by Crippen LogP contribution is 2.14. The lowest BCUT2D eigenvalue weighted by molar-refractivity contribution is -0.138. The highest BCUT2D eigenvalue weighted by Gasteiger charge is 2.16. The van der Waals surface area contributed by atoms with Crippen LogP contribution in [0, 0.1) is 6.92 Å². The standard InChI is InChI=1S/C7H9N5O2S/c1-3-9-10-7-12(3)11-5(15-7)2-4(8)6(13)14/h4H,2,8H2,1H3,(H,13,14). The van der Waals surface area contributed by atoms with E-state index in [1.807, 2.05) is 0 Å². The van der Waals surface area contributed by atoms with Crippen LogP contribution in [0.1, 0.15) is 10.8 Å². The maximum Gasteiger partial charge on any atom is 0.320 e. The van der Waals surface area contributed by atoms with Crippen LogP contribution in [0.15, 0.2) is 0 Å². The zero-order valence-electron chi connectivity index (χ0n) is 7.91. The van der Waals surface area contributed by atoms with Gasteiger partial charge in [-0.15, -0.1) is 10.2 Å². The van der Waals surface area contributed by atoms with Crippen LogP contribution in [-0.4, -0.2) is 36.9 Å². The fourth-order valence-corrected chi connectivity index (χ4v) is 2.05. The van der Waals surface area contributed by atoms with Crippen molar-refractivity contribution in [3.63, 3.8) is 0 Å². The molecule has 3 N–H and O–H groups in total. The molecule has 0 fully saturated rings. The van der Waals surface area contributed by atoms with E-state index in [0.717, 1.165) is 0 Å². The number of carboxylic acid groups (broad SMARTS) is 1. The van der Waals surface area contributed by atoms with Crippen LogP contribution >= 0.6 is 11.3 Å². The Hall–Kier alpha value is -1.54. The Balaban J connectivity index is 2.26. The van der Waals surface area contributed by atoms with E-state index >= 15 is 0 Å². The topological polar surface area (TPSA) is 106 Å². The van der Waals surface area contributed by atoms with E-state index in [4.69, 9.17) is 10.8 Å². The first-order chi connectivity index (χ1) is 7.08. The number of aromatic nitrogens is 4. The Kier molecular flexibility index (Phi) is 2.37. The van der Waals surface area contributed by atoms with Gasteiger partial charge < -0.3 is 10.8 Å². The molecule has 0 amide bonds. The summed E-state index contributed by atoms with van der Waals surface area (Å²) in [5.74, 6) is -0.353. The Morgan fingerprint density at radius 2 is 2.40 bits per heavy atom. The van der Waals surface area contributed by atoms with E-state index in [0.29, 0.717) is 15.8 Å². The number of carboxylic acids is 1. The summed E-state index contributed by atoms with van der Waals surface area (Å²) in [6.45, 7) is 1.78. The molecule has 2 aromatic rings. The molecule has 2 heterocycles. The molecule has 8 heteroatoms. The van der Waals surface area contributed by atoms with Gasteiger partial charge in [0.2, 0.25) is 4.96 Å². The van der Waals surface area contributed by atoms with Gasteiger partial charge in [-0.3, -0.25) is 4.79 Å². The number of aryl methyl sites for hydroxylation is 1. The smallest absolute Gasteiger partial charge is 0.320 e. The van der Waals surface area contributed by atoms with E-state index in [1.54, 1.807) is 11.4 Å². The van der Waals surface area contributed by atoms with Crippen molar-refractivity contribution in [3.05, 3.63) is 10.8 Å². The van der Waals surface area contributed by atoms with Gasteiger partial charge in [0, 0.05) is 6.42 Å². The highest BCUT2D eigenvalue weighted by molar-refractivity contribution is 7.16. The Labute approximate surface area is 88.5 Å². The first-order valence-electron chi connectivity index (χ1n) is 4.24. The lowest BCUT2D eigenvalue weighted by atomic mass is 10.2. The van der Waals surface area contributed by atoms with Crippen LogP contribution in [-0.2, 0) is 11.2 Å². The zero-order valence-corrected chi connectivity index (χ0v) is 8.73. The number of hydrogen-bond acceptors (Lipinski definition) is 6. The molecule has 0 radical (unpaired) electrons. The van der Waals surface area contributed by atoms with Gasteiger partial charge in [0.05, 0.1) is 0 Å². The third kappa shape index (κ3) is 1.81. The molecule has 1 unspecified atom stereocenters. The number of hydrogen-bond donors (Lipinski definition) is 2. The predicted molar refractivity (Wildman–Crippen MR) is 52.7 cm³/mol. The van der Waals surface area contributed by atoms with Crippen molar-refractivity contribution in [2.75, 3.05) is 0 Å². The highest BCUT2D eigenvalue weighted by atomic mass is 32.1. The molecule has 0 aliphatic carbocycles. The predicted octanol–water partition coefficient (Wildman–Crippen LogP) is -0.551. The van der Waals surface area contributed by atoms with Crippen molar-refractivity contribution < 1.29 is 9.90 Å². The molecular formula is C7H9N5O2S. The molecule has 0 aromatic carbocycles. The van der Waals surface area contributed by atoms with Crippen LogP contribution in [0.2, 0.25) is 0 Å². The fraction of sp³-hybridized carbons (Fsp3) is 0.429. The molecule has 0 saturated carbocycles. The molecule has 0 bridgehead atoms. The van der Waals surface area contributed by atoms with Crippen LogP contribution in [0.4, 0.5) is 0 Å². The fourth-order valence-electron chi connectivity index (χ4n) is 1.11. The lowest BCUT2D eigenvalue weighted by Gasteiger charge is -2.01. The van der Waals surface area contributed by atoms with Crippen molar-refractivity contribution in [2.24, 2.45) is 5.73 Å². The van der Waals surface area contributed by atoms with Gasteiger partial charge >= 0.3 is 5.97 Å². The summed E-state index contributed by atoms with van der Waals surface area (Å²) in [5, 5.41) is 21.1. The van der Waals surface area contributed by atoms with E-state index < -0.39 is 12.0 Å². The van der Waals surface area contributed by atoms with Crippen LogP contribution < -0.4 is 5.73 Å². The van der Waals surface area contributed by atoms with Gasteiger partial charge in [-0.1, -0.05) is 11.3 Å². The Morgan fingerprint density at radius 3 is 3.00 bits per heavy atom. The average Bonchev–Trinajstić information content (AvgIpc) is 2.69. The molecule has 2 rings (SSSR count). The number of aliphatic carboxylic acids is 1. The molecular weight excluding hydrogens is 218 g/mol. The molecule has 1 atom stereocenters. The third-order valence-electron chi connectivity index (χ3n) is 1.90. The second kappa shape index (κ2) is 3.55. The largest absolute Gasteiger partial charge is 0.480 e. The molecule has 7 nitrogen and oxygen atoms in total. The second-order valence-corrected chi connectivity index (χ2v) is 4.13. The van der Waals surface area contributed by atoms with Crippen molar-refractivity contribution in [1.82, 2.24) is 19.8 Å². The summed E-state index contributed by atoms with van der Waals surface area (Å²) in [6, 6.07) is -0.922. The minimum atomic E-state index is -1.03. The van der Waals surface area contributed by atoms with Crippen LogP contribution in [0.25, 0.3) is 4.96 Å². The summed E-state index contributed by atoms with van der Waals surface area (Å²) in [4.78, 5) is 11.2. The van der Waals surface area contributed by atoms with E-state index in [1.165, 1.54) is 11.3 Å². The summed E-state index contributed by atoms with van der Waals surface area (Å²) < 4.78 is 1.58. The summed E-state index contributed by atoms with van der Waals surface area (Å²) >= 11 is 1.30. The maximum absolute atomic E-state index is 10.5.